The van der Waals surface area contributed by atoms with Crippen molar-refractivity contribution in [3.63, 3.8) is 0 Å². The molecule has 23 heavy (non-hydrogen) atoms. The van der Waals surface area contributed by atoms with Crippen LogP contribution in [0.15, 0.2) is 46.2 Å². The molecule has 0 bridgehead atoms. The number of nitrogens with one attached hydrogen (secondary N) is 2. The molecule has 1 amide bonds. The Morgan fingerprint density at radius 2 is 2.22 bits per heavy atom. The molecular weight excluding hydrogens is 348 g/mol. The molecule has 2 N–H and O–H groups in total. The van der Waals surface area contributed by atoms with Crippen molar-refractivity contribution in [1.82, 2.24) is 10.2 Å². The molecule has 0 aliphatic rings. The Labute approximate surface area is 148 Å². The van der Waals surface area contributed by atoms with Gasteiger partial charge in [-0.2, -0.15) is 0 Å². The second-order valence-electron chi connectivity index (χ2n) is 4.49. The van der Waals surface area contributed by atoms with Crippen LogP contribution in [0.25, 0.3) is 0 Å². The Morgan fingerprint density at radius 1 is 1.43 bits per heavy atom. The Bertz CT molecular complexity index is 674. The SMILES string of the molecule is C=CCNc1nnc(SC(C)C(=O)Nc2ccccc2SC)s1. The molecule has 5 nitrogen and oxygen atoms in total. The van der Waals surface area contributed by atoms with E-state index in [-0.39, 0.29) is 11.2 Å². The van der Waals surface area contributed by atoms with Gasteiger partial charge < -0.3 is 10.6 Å². The number of benzene rings is 1. The summed E-state index contributed by atoms with van der Waals surface area (Å²) in [6.07, 6.45) is 3.75. The van der Waals surface area contributed by atoms with Crippen LogP contribution in [0.4, 0.5) is 10.8 Å². The van der Waals surface area contributed by atoms with Gasteiger partial charge in [0, 0.05) is 11.4 Å². The zero-order valence-corrected chi connectivity index (χ0v) is 15.4. The van der Waals surface area contributed by atoms with Crippen molar-refractivity contribution in [2.75, 3.05) is 23.4 Å². The molecule has 0 saturated heterocycles. The third-order valence-electron chi connectivity index (χ3n) is 2.82. The highest BCUT2D eigenvalue weighted by Gasteiger charge is 2.18. The largest absolute Gasteiger partial charge is 0.357 e. The van der Waals surface area contributed by atoms with E-state index in [9.17, 15) is 4.79 Å². The second kappa shape index (κ2) is 8.95. The molecule has 122 valence electrons. The molecule has 8 heteroatoms. The molecule has 0 spiro atoms. The zero-order chi connectivity index (χ0) is 16.7. The van der Waals surface area contributed by atoms with E-state index in [2.05, 4.69) is 27.4 Å². The molecule has 0 fully saturated rings. The highest BCUT2D eigenvalue weighted by atomic mass is 32.2. The average molecular weight is 367 g/mol. The van der Waals surface area contributed by atoms with Gasteiger partial charge >= 0.3 is 0 Å². The maximum Gasteiger partial charge on any atom is 0.237 e. The van der Waals surface area contributed by atoms with E-state index in [0.717, 1.165) is 20.1 Å². The fourth-order valence-corrected chi connectivity index (χ4v) is 4.13. The van der Waals surface area contributed by atoms with Crippen LogP contribution >= 0.6 is 34.9 Å². The van der Waals surface area contributed by atoms with Crippen LogP contribution in [-0.4, -0.2) is 34.2 Å². The van der Waals surface area contributed by atoms with E-state index in [1.54, 1.807) is 17.8 Å². The van der Waals surface area contributed by atoms with Crippen molar-refractivity contribution in [2.45, 2.75) is 21.4 Å². The lowest BCUT2D eigenvalue weighted by Gasteiger charge is -2.12. The number of hydrogen-bond acceptors (Lipinski definition) is 7. The van der Waals surface area contributed by atoms with Crippen LogP contribution in [0, 0.1) is 0 Å². The number of carbonyl (C=O) groups is 1. The average Bonchev–Trinajstić information content (AvgIpc) is 3.00. The van der Waals surface area contributed by atoms with E-state index < -0.39 is 0 Å². The van der Waals surface area contributed by atoms with Gasteiger partial charge in [-0.05, 0) is 25.3 Å². The molecule has 0 aliphatic carbocycles. The van der Waals surface area contributed by atoms with Gasteiger partial charge in [0.05, 0.1) is 10.9 Å². The van der Waals surface area contributed by atoms with Gasteiger partial charge in [0.2, 0.25) is 11.0 Å². The molecule has 1 unspecified atom stereocenters. The second-order valence-corrected chi connectivity index (χ2v) is 7.91. The van der Waals surface area contributed by atoms with Gasteiger partial charge in [-0.15, -0.1) is 28.5 Å². The Hall–Kier alpha value is -1.51. The third kappa shape index (κ3) is 5.26. The summed E-state index contributed by atoms with van der Waals surface area (Å²) in [5.74, 6) is -0.0488. The lowest BCUT2D eigenvalue weighted by atomic mass is 10.3. The van der Waals surface area contributed by atoms with Crippen molar-refractivity contribution >= 4 is 51.6 Å². The molecule has 0 saturated carbocycles. The van der Waals surface area contributed by atoms with Gasteiger partial charge in [0.15, 0.2) is 4.34 Å². The minimum Gasteiger partial charge on any atom is -0.357 e. The molecule has 0 aliphatic heterocycles. The number of thioether (sulfide) groups is 2. The molecule has 1 aromatic carbocycles. The minimum atomic E-state index is -0.259. The number of anilines is 2. The lowest BCUT2D eigenvalue weighted by Crippen LogP contribution is -2.22. The molecule has 2 rings (SSSR count). The molecule has 0 radical (unpaired) electrons. The highest BCUT2D eigenvalue weighted by molar-refractivity contribution is 8.02. The molecule has 1 heterocycles. The zero-order valence-electron chi connectivity index (χ0n) is 12.9. The van der Waals surface area contributed by atoms with Crippen molar-refractivity contribution in [3.8, 4) is 0 Å². The van der Waals surface area contributed by atoms with Crippen LogP contribution in [0.5, 0.6) is 0 Å². The maximum atomic E-state index is 12.4. The van der Waals surface area contributed by atoms with Crippen LogP contribution < -0.4 is 10.6 Å². The molecule has 2 aromatic rings. The molecule has 1 atom stereocenters. The summed E-state index contributed by atoms with van der Waals surface area (Å²) in [7, 11) is 0. The highest BCUT2D eigenvalue weighted by Crippen LogP contribution is 2.30. The summed E-state index contributed by atoms with van der Waals surface area (Å²) >= 11 is 4.44. The Kier molecular flexibility index (Phi) is 6.94. The predicted molar refractivity (Wildman–Crippen MR) is 101 cm³/mol. The first kappa shape index (κ1) is 17.8. The summed E-state index contributed by atoms with van der Waals surface area (Å²) in [5.41, 5.74) is 0.836. The number of aromatic nitrogens is 2. The van der Waals surface area contributed by atoms with Crippen LogP contribution in [-0.2, 0) is 4.79 Å². The van der Waals surface area contributed by atoms with Gasteiger partial charge in [-0.25, -0.2) is 0 Å². The lowest BCUT2D eigenvalue weighted by molar-refractivity contribution is -0.115. The predicted octanol–water partition coefficient (Wildman–Crippen LogP) is 3.98. The normalized spacial score (nSPS) is 11.7. The van der Waals surface area contributed by atoms with Crippen LogP contribution in [0.3, 0.4) is 0 Å². The fourth-order valence-electron chi connectivity index (χ4n) is 1.68. The number of amides is 1. The quantitative estimate of drug-likeness (QED) is 0.544. The third-order valence-corrected chi connectivity index (χ3v) is 5.68. The van der Waals surface area contributed by atoms with Gasteiger partial charge in [-0.3, -0.25) is 4.79 Å². The van der Waals surface area contributed by atoms with Crippen LogP contribution in [0.1, 0.15) is 6.92 Å². The van der Waals surface area contributed by atoms with Crippen molar-refractivity contribution in [1.29, 1.82) is 0 Å². The Balaban J connectivity index is 1.94. The summed E-state index contributed by atoms with van der Waals surface area (Å²) in [6, 6.07) is 7.76. The minimum absolute atomic E-state index is 0.0488. The first-order chi connectivity index (χ1) is 11.1. The topological polar surface area (TPSA) is 66.9 Å². The van der Waals surface area contributed by atoms with Gasteiger partial charge in [0.25, 0.3) is 0 Å². The van der Waals surface area contributed by atoms with Gasteiger partial charge in [-0.1, -0.05) is 41.3 Å². The van der Waals surface area contributed by atoms with E-state index in [1.807, 2.05) is 37.4 Å². The number of hydrogen-bond donors (Lipinski definition) is 2. The number of carbonyl (C=O) groups excluding carboxylic acids is 1. The van der Waals surface area contributed by atoms with E-state index in [4.69, 9.17) is 0 Å². The summed E-state index contributed by atoms with van der Waals surface area (Å²) in [4.78, 5) is 13.4. The van der Waals surface area contributed by atoms with Crippen molar-refractivity contribution in [2.24, 2.45) is 0 Å². The maximum absolute atomic E-state index is 12.4. The number of nitrogens with zero attached hydrogens (tertiary/aromatic N) is 2. The first-order valence-electron chi connectivity index (χ1n) is 6.93. The van der Waals surface area contributed by atoms with Crippen molar-refractivity contribution in [3.05, 3.63) is 36.9 Å². The molecular formula is C15H18N4OS3. The monoisotopic (exact) mass is 366 g/mol. The number of rotatable bonds is 8. The van der Waals surface area contributed by atoms with Crippen molar-refractivity contribution < 1.29 is 4.79 Å². The van der Waals surface area contributed by atoms with Gasteiger partial charge in [0.1, 0.15) is 0 Å². The summed E-state index contributed by atoms with van der Waals surface area (Å²) in [5, 5.41) is 14.6. The molecule has 1 aromatic heterocycles. The number of para-hydroxylation sites is 1. The van der Waals surface area contributed by atoms with E-state index in [1.165, 1.54) is 23.1 Å². The summed E-state index contributed by atoms with van der Waals surface area (Å²) in [6.45, 7) is 6.14. The summed E-state index contributed by atoms with van der Waals surface area (Å²) < 4.78 is 0.761. The van der Waals surface area contributed by atoms with E-state index >= 15 is 0 Å². The van der Waals surface area contributed by atoms with E-state index in [0.29, 0.717) is 6.54 Å². The smallest absolute Gasteiger partial charge is 0.237 e. The first-order valence-corrected chi connectivity index (χ1v) is 9.85. The Morgan fingerprint density at radius 3 is 2.96 bits per heavy atom. The fraction of sp³-hybridized carbons (Fsp3) is 0.267. The standard InChI is InChI=1S/C15H18N4OS3/c1-4-9-16-14-18-19-15(23-14)22-10(2)13(20)17-11-7-5-6-8-12(11)21-3/h4-8,10H,1,9H2,2-3H3,(H,16,18)(H,17,20). The van der Waals surface area contributed by atoms with Crippen LogP contribution in [0.2, 0.25) is 0 Å².